The summed E-state index contributed by atoms with van der Waals surface area (Å²) in [4.78, 5) is 5.70. The minimum Gasteiger partial charge on any atom is -0.414 e. The zero-order valence-electron chi connectivity index (χ0n) is 8.02. The molecule has 0 atom stereocenters. The molecular formula is C12H13NO. The maximum atomic E-state index is 5.70. The molecule has 2 heteroatoms. The number of aromatic nitrogens is 1. The van der Waals surface area contributed by atoms with Crippen LogP contribution in [-0.4, -0.2) is 11.3 Å². The lowest BCUT2D eigenvalue weighted by Crippen LogP contribution is -2.12. The van der Waals surface area contributed by atoms with Gasteiger partial charge in [0.1, 0.15) is 6.61 Å². The van der Waals surface area contributed by atoms with Crippen LogP contribution in [0, 0.1) is 5.92 Å². The Labute approximate surface area is 83.1 Å². The van der Waals surface area contributed by atoms with Gasteiger partial charge in [-0.3, -0.25) is 0 Å². The molecule has 0 amide bonds. The number of para-hydroxylation sites is 1. The largest absolute Gasteiger partial charge is 0.414 e. The smallest absolute Gasteiger partial charge is 0.117 e. The Morgan fingerprint density at radius 3 is 2.93 bits per heavy atom. The molecule has 72 valence electrons. The van der Waals surface area contributed by atoms with Gasteiger partial charge in [-0.2, -0.15) is 4.73 Å². The summed E-state index contributed by atoms with van der Waals surface area (Å²) in [6, 6.07) is 10.4. The summed E-state index contributed by atoms with van der Waals surface area (Å²) < 4.78 is 1.88. The van der Waals surface area contributed by atoms with Gasteiger partial charge in [-0.25, -0.2) is 0 Å². The summed E-state index contributed by atoms with van der Waals surface area (Å²) in [5.41, 5.74) is 1.16. The molecule has 0 aliphatic heterocycles. The molecular weight excluding hydrogens is 174 g/mol. The highest BCUT2D eigenvalue weighted by molar-refractivity contribution is 5.79. The van der Waals surface area contributed by atoms with E-state index in [0.29, 0.717) is 0 Å². The fraction of sp³-hybridized carbons (Fsp3) is 0.333. The van der Waals surface area contributed by atoms with Gasteiger partial charge in [0.05, 0.1) is 5.52 Å². The van der Waals surface area contributed by atoms with E-state index in [1.54, 1.807) is 0 Å². The third kappa shape index (κ3) is 1.37. The molecule has 0 N–H and O–H groups in total. The van der Waals surface area contributed by atoms with Crippen molar-refractivity contribution in [3.8, 4) is 0 Å². The second-order valence-electron chi connectivity index (χ2n) is 3.94. The maximum Gasteiger partial charge on any atom is 0.117 e. The lowest BCUT2D eigenvalue weighted by Gasteiger charge is -2.06. The molecule has 1 aromatic carbocycles. The summed E-state index contributed by atoms with van der Waals surface area (Å²) in [6.45, 7) is 0.860. The van der Waals surface area contributed by atoms with E-state index in [1.165, 1.54) is 18.2 Å². The molecule has 3 rings (SSSR count). The van der Waals surface area contributed by atoms with Crippen LogP contribution in [0.15, 0.2) is 36.5 Å². The van der Waals surface area contributed by atoms with Crippen molar-refractivity contribution in [2.24, 2.45) is 5.92 Å². The third-order valence-electron chi connectivity index (χ3n) is 2.71. The zero-order chi connectivity index (χ0) is 9.38. The summed E-state index contributed by atoms with van der Waals surface area (Å²) in [5, 5.41) is 1.24. The highest BCUT2D eigenvalue weighted by Gasteiger charge is 2.22. The van der Waals surface area contributed by atoms with Crippen LogP contribution in [0.1, 0.15) is 12.8 Å². The van der Waals surface area contributed by atoms with Gasteiger partial charge < -0.3 is 4.84 Å². The minimum absolute atomic E-state index is 0.802. The molecule has 14 heavy (non-hydrogen) atoms. The number of fused-ring (bicyclic) bond motifs is 1. The van der Waals surface area contributed by atoms with Crippen molar-refractivity contribution in [1.29, 1.82) is 0 Å². The van der Waals surface area contributed by atoms with Crippen LogP contribution in [-0.2, 0) is 0 Å². The van der Waals surface area contributed by atoms with Gasteiger partial charge in [-0.1, -0.05) is 18.2 Å². The molecule has 0 radical (unpaired) electrons. The standard InChI is InChI=1S/C12H13NO/c1-2-4-12-11(3-1)7-8-13(12)14-9-10-5-6-10/h1-4,7-8,10H,5-6,9H2. The minimum atomic E-state index is 0.802. The number of nitrogens with zero attached hydrogens (tertiary/aromatic N) is 1. The average Bonchev–Trinajstić information content (AvgIpc) is 2.96. The number of hydrogen-bond donors (Lipinski definition) is 0. The molecule has 2 aromatic rings. The lowest BCUT2D eigenvalue weighted by molar-refractivity contribution is 0.111. The van der Waals surface area contributed by atoms with Crippen molar-refractivity contribution < 1.29 is 4.84 Å². The van der Waals surface area contributed by atoms with Crippen molar-refractivity contribution in [2.45, 2.75) is 12.8 Å². The Bertz CT molecular complexity index is 442. The predicted octanol–water partition coefficient (Wildman–Crippen LogP) is 2.48. The highest BCUT2D eigenvalue weighted by Crippen LogP contribution is 2.28. The summed E-state index contributed by atoms with van der Waals surface area (Å²) >= 11 is 0. The third-order valence-corrected chi connectivity index (χ3v) is 2.71. The Balaban J connectivity index is 1.87. The van der Waals surface area contributed by atoms with Crippen LogP contribution in [0.2, 0.25) is 0 Å². The first-order valence-corrected chi connectivity index (χ1v) is 5.13. The first-order chi connectivity index (χ1) is 6.93. The molecule has 0 unspecified atom stereocenters. The molecule has 1 heterocycles. The van der Waals surface area contributed by atoms with Crippen LogP contribution in [0.4, 0.5) is 0 Å². The van der Waals surface area contributed by atoms with Crippen molar-refractivity contribution in [2.75, 3.05) is 6.61 Å². The normalized spacial score (nSPS) is 16.0. The number of hydrogen-bond acceptors (Lipinski definition) is 1. The molecule has 1 saturated carbocycles. The molecule has 1 aliphatic rings. The second-order valence-corrected chi connectivity index (χ2v) is 3.94. The molecule has 1 aliphatic carbocycles. The first kappa shape index (κ1) is 7.92. The Morgan fingerprint density at radius 1 is 1.21 bits per heavy atom. The van der Waals surface area contributed by atoms with Crippen molar-refractivity contribution in [1.82, 2.24) is 4.73 Å². The fourth-order valence-electron chi connectivity index (χ4n) is 1.64. The van der Waals surface area contributed by atoms with Crippen molar-refractivity contribution in [3.63, 3.8) is 0 Å². The molecule has 0 spiro atoms. The van der Waals surface area contributed by atoms with Gasteiger partial charge >= 0.3 is 0 Å². The maximum absolute atomic E-state index is 5.70. The molecule has 0 bridgehead atoms. The van der Waals surface area contributed by atoms with Gasteiger partial charge in [0, 0.05) is 11.6 Å². The average molecular weight is 187 g/mol. The Kier molecular flexibility index (Phi) is 1.72. The zero-order valence-corrected chi connectivity index (χ0v) is 8.02. The lowest BCUT2D eigenvalue weighted by atomic mass is 10.3. The van der Waals surface area contributed by atoms with E-state index in [-0.39, 0.29) is 0 Å². The van der Waals surface area contributed by atoms with Crippen LogP contribution in [0.5, 0.6) is 0 Å². The van der Waals surface area contributed by atoms with E-state index < -0.39 is 0 Å². The Morgan fingerprint density at radius 2 is 2.07 bits per heavy atom. The summed E-state index contributed by atoms with van der Waals surface area (Å²) in [5.74, 6) is 0.802. The van der Waals surface area contributed by atoms with Crippen molar-refractivity contribution in [3.05, 3.63) is 36.5 Å². The van der Waals surface area contributed by atoms with Gasteiger partial charge in [0.15, 0.2) is 0 Å². The van der Waals surface area contributed by atoms with E-state index in [2.05, 4.69) is 18.2 Å². The van der Waals surface area contributed by atoms with Crippen LogP contribution in [0.25, 0.3) is 10.9 Å². The van der Waals surface area contributed by atoms with Crippen LogP contribution in [0.3, 0.4) is 0 Å². The monoisotopic (exact) mass is 187 g/mol. The molecule has 2 nitrogen and oxygen atoms in total. The van der Waals surface area contributed by atoms with Gasteiger partial charge in [0.2, 0.25) is 0 Å². The van der Waals surface area contributed by atoms with Gasteiger partial charge in [-0.15, -0.1) is 0 Å². The number of rotatable bonds is 3. The quantitative estimate of drug-likeness (QED) is 0.720. The molecule has 1 fully saturated rings. The van der Waals surface area contributed by atoms with E-state index in [4.69, 9.17) is 4.84 Å². The van der Waals surface area contributed by atoms with Crippen LogP contribution < -0.4 is 4.84 Å². The van der Waals surface area contributed by atoms with Crippen LogP contribution >= 0.6 is 0 Å². The van der Waals surface area contributed by atoms with E-state index in [1.807, 2.05) is 23.1 Å². The first-order valence-electron chi connectivity index (χ1n) is 5.13. The molecule has 1 aromatic heterocycles. The van der Waals surface area contributed by atoms with Gasteiger partial charge in [-0.05, 0) is 30.9 Å². The van der Waals surface area contributed by atoms with Crippen molar-refractivity contribution >= 4 is 10.9 Å². The topological polar surface area (TPSA) is 14.2 Å². The summed E-state index contributed by atoms with van der Waals surface area (Å²) in [7, 11) is 0. The summed E-state index contributed by atoms with van der Waals surface area (Å²) in [6.07, 6.45) is 4.66. The molecule has 0 saturated heterocycles. The van der Waals surface area contributed by atoms with E-state index >= 15 is 0 Å². The van der Waals surface area contributed by atoms with E-state index in [9.17, 15) is 0 Å². The number of benzene rings is 1. The fourth-order valence-corrected chi connectivity index (χ4v) is 1.64. The highest BCUT2D eigenvalue weighted by atomic mass is 16.7. The predicted molar refractivity (Wildman–Crippen MR) is 56.1 cm³/mol. The van der Waals surface area contributed by atoms with E-state index in [0.717, 1.165) is 18.0 Å². The van der Waals surface area contributed by atoms with Gasteiger partial charge in [0.25, 0.3) is 0 Å². The SMILES string of the molecule is c1ccc2c(c1)ccn2OCC1CC1. The Hall–Kier alpha value is -1.44. The second kappa shape index (κ2) is 3.05.